The molecule has 1 unspecified atom stereocenters. The van der Waals surface area contributed by atoms with Gasteiger partial charge in [-0.15, -0.1) is 0 Å². The number of anilines is 1. The molecule has 1 aliphatic heterocycles. The fourth-order valence-electron chi connectivity index (χ4n) is 2.36. The number of hydrogen-bond acceptors (Lipinski definition) is 4. The zero-order valence-corrected chi connectivity index (χ0v) is 11.6. The molecule has 1 aromatic rings. The van der Waals surface area contributed by atoms with Crippen molar-refractivity contribution in [2.45, 2.75) is 19.9 Å². The molecule has 1 aliphatic rings. The van der Waals surface area contributed by atoms with Crippen molar-refractivity contribution in [1.29, 1.82) is 0 Å². The van der Waals surface area contributed by atoms with Crippen LogP contribution in [0.4, 0.5) is 5.69 Å². The number of aryl methyl sites for hydroxylation is 1. The Kier molecular flexibility index (Phi) is 4.01. The molecular weight excluding hydrogens is 246 g/mol. The van der Waals surface area contributed by atoms with Gasteiger partial charge >= 0.3 is 0 Å². The van der Waals surface area contributed by atoms with E-state index in [9.17, 15) is 0 Å². The molecule has 0 spiro atoms. The molecule has 0 aromatic heterocycles. The Bertz CT molecular complexity index is 462. The van der Waals surface area contributed by atoms with E-state index in [0.29, 0.717) is 6.04 Å². The molecule has 0 saturated carbocycles. The quantitative estimate of drug-likeness (QED) is 0.372. The van der Waals surface area contributed by atoms with E-state index in [1.165, 1.54) is 0 Å². The highest BCUT2D eigenvalue weighted by Gasteiger charge is 2.23. The van der Waals surface area contributed by atoms with Gasteiger partial charge in [0.25, 0.3) is 0 Å². The minimum absolute atomic E-state index is 0.180. The topological polar surface area (TPSA) is 61.9 Å². The highest BCUT2D eigenvalue weighted by molar-refractivity contribution is 7.99. The second-order valence-electron chi connectivity index (χ2n) is 4.57. The Morgan fingerprint density at radius 2 is 2.33 bits per heavy atom. The van der Waals surface area contributed by atoms with Gasteiger partial charge < -0.3 is 15.8 Å². The van der Waals surface area contributed by atoms with Crippen LogP contribution < -0.4 is 10.6 Å². The lowest BCUT2D eigenvalue weighted by atomic mass is 10.0. The first-order chi connectivity index (χ1) is 8.65. The van der Waals surface area contributed by atoms with Gasteiger partial charge in [-0.25, -0.2) is 0 Å². The summed E-state index contributed by atoms with van der Waals surface area (Å²) in [5, 5.41) is 12.1. The van der Waals surface area contributed by atoms with Gasteiger partial charge in [-0.3, -0.25) is 0 Å². The number of benzene rings is 1. The molecular formula is C13H19N3OS. The van der Waals surface area contributed by atoms with Crippen molar-refractivity contribution in [3.8, 4) is 0 Å². The number of nitrogens with zero attached hydrogens (tertiary/aromatic N) is 2. The lowest BCUT2D eigenvalue weighted by Gasteiger charge is -2.37. The second kappa shape index (κ2) is 5.52. The Morgan fingerprint density at radius 3 is 3.00 bits per heavy atom. The van der Waals surface area contributed by atoms with E-state index in [-0.39, 0.29) is 5.84 Å². The van der Waals surface area contributed by atoms with Gasteiger partial charge in [-0.2, -0.15) is 11.8 Å². The van der Waals surface area contributed by atoms with Crippen molar-refractivity contribution in [2.75, 3.05) is 23.0 Å². The summed E-state index contributed by atoms with van der Waals surface area (Å²) in [6.45, 7) is 5.29. The van der Waals surface area contributed by atoms with Crippen LogP contribution in [0.25, 0.3) is 0 Å². The average molecular weight is 265 g/mol. The van der Waals surface area contributed by atoms with Crippen LogP contribution in [-0.4, -0.2) is 35.1 Å². The van der Waals surface area contributed by atoms with Gasteiger partial charge in [-0.05, 0) is 25.5 Å². The van der Waals surface area contributed by atoms with Crippen molar-refractivity contribution in [1.82, 2.24) is 0 Å². The number of para-hydroxylation sites is 1. The largest absolute Gasteiger partial charge is 0.409 e. The molecule has 1 saturated heterocycles. The highest BCUT2D eigenvalue weighted by Crippen LogP contribution is 2.30. The molecule has 2 rings (SSSR count). The van der Waals surface area contributed by atoms with Crippen molar-refractivity contribution in [2.24, 2.45) is 10.9 Å². The number of thioether (sulfide) groups is 1. The minimum atomic E-state index is 0.180. The van der Waals surface area contributed by atoms with Crippen molar-refractivity contribution in [3.63, 3.8) is 0 Å². The molecule has 1 fully saturated rings. The molecule has 0 bridgehead atoms. The summed E-state index contributed by atoms with van der Waals surface area (Å²) in [4.78, 5) is 2.36. The predicted octanol–water partition coefficient (Wildman–Crippen LogP) is 2.03. The van der Waals surface area contributed by atoms with E-state index in [1.807, 2.05) is 23.9 Å². The lowest BCUT2D eigenvalue weighted by molar-refractivity contribution is 0.318. The summed E-state index contributed by atoms with van der Waals surface area (Å²) in [5.74, 6) is 2.41. The maximum absolute atomic E-state index is 8.91. The first kappa shape index (κ1) is 13.1. The molecule has 0 aliphatic carbocycles. The summed E-state index contributed by atoms with van der Waals surface area (Å²) < 4.78 is 0. The van der Waals surface area contributed by atoms with Crippen LogP contribution in [0.2, 0.25) is 0 Å². The van der Waals surface area contributed by atoms with Crippen LogP contribution in [0.1, 0.15) is 18.1 Å². The van der Waals surface area contributed by atoms with Crippen LogP contribution in [0.3, 0.4) is 0 Å². The van der Waals surface area contributed by atoms with Crippen molar-refractivity contribution < 1.29 is 5.21 Å². The average Bonchev–Trinajstić information content (AvgIpc) is 2.39. The number of rotatable bonds is 2. The normalized spacial score (nSPS) is 21.1. The Morgan fingerprint density at radius 1 is 1.56 bits per heavy atom. The fraction of sp³-hybridized carbons (Fsp3) is 0.462. The standard InChI is InChI=1S/C13H19N3OS/c1-9-4-3-5-11(13(14)15-17)12(9)16-6-7-18-8-10(16)2/h3-5,10,17H,6-8H2,1-2H3,(H2,14,15). The van der Waals surface area contributed by atoms with Crippen molar-refractivity contribution >= 4 is 23.3 Å². The van der Waals surface area contributed by atoms with Gasteiger partial charge in [0.2, 0.25) is 0 Å². The highest BCUT2D eigenvalue weighted by atomic mass is 32.2. The van der Waals surface area contributed by atoms with Crippen LogP contribution in [0.15, 0.2) is 23.4 Å². The van der Waals surface area contributed by atoms with Crippen LogP contribution in [0.5, 0.6) is 0 Å². The first-order valence-corrected chi connectivity index (χ1v) is 7.22. The summed E-state index contributed by atoms with van der Waals surface area (Å²) in [6.07, 6.45) is 0. The number of oxime groups is 1. The van der Waals surface area contributed by atoms with Crippen LogP contribution in [0, 0.1) is 6.92 Å². The van der Waals surface area contributed by atoms with E-state index in [2.05, 4.69) is 30.0 Å². The van der Waals surface area contributed by atoms with Gasteiger partial charge in [0.15, 0.2) is 5.84 Å². The third-order valence-electron chi connectivity index (χ3n) is 3.28. The van der Waals surface area contributed by atoms with Gasteiger partial charge in [0.1, 0.15) is 0 Å². The molecule has 0 radical (unpaired) electrons. The van der Waals surface area contributed by atoms with Gasteiger partial charge in [0.05, 0.1) is 5.69 Å². The summed E-state index contributed by atoms with van der Waals surface area (Å²) in [6, 6.07) is 6.38. The molecule has 5 heteroatoms. The first-order valence-electron chi connectivity index (χ1n) is 6.07. The molecule has 1 heterocycles. The molecule has 0 amide bonds. The van der Waals surface area contributed by atoms with E-state index in [4.69, 9.17) is 10.9 Å². The second-order valence-corrected chi connectivity index (χ2v) is 5.72. The minimum Gasteiger partial charge on any atom is -0.409 e. The maximum atomic E-state index is 8.91. The van der Waals surface area contributed by atoms with Crippen LogP contribution >= 0.6 is 11.8 Å². The van der Waals surface area contributed by atoms with Crippen molar-refractivity contribution in [3.05, 3.63) is 29.3 Å². The molecule has 18 heavy (non-hydrogen) atoms. The summed E-state index contributed by atoms with van der Waals surface area (Å²) in [5.41, 5.74) is 8.86. The fourth-order valence-corrected chi connectivity index (χ4v) is 3.37. The Balaban J connectivity index is 2.47. The zero-order chi connectivity index (χ0) is 13.1. The molecule has 1 aromatic carbocycles. The predicted molar refractivity (Wildman–Crippen MR) is 77.8 cm³/mol. The third-order valence-corrected chi connectivity index (χ3v) is 4.47. The Hall–Kier alpha value is -1.36. The zero-order valence-electron chi connectivity index (χ0n) is 10.8. The SMILES string of the molecule is Cc1cccc(/C(N)=N/O)c1N1CCSCC1C. The van der Waals surface area contributed by atoms with E-state index >= 15 is 0 Å². The Labute approximate surface area is 112 Å². The van der Waals surface area contributed by atoms with Crippen LogP contribution in [-0.2, 0) is 0 Å². The summed E-state index contributed by atoms with van der Waals surface area (Å²) >= 11 is 1.97. The molecule has 1 atom stereocenters. The maximum Gasteiger partial charge on any atom is 0.172 e. The van der Waals surface area contributed by atoms with E-state index in [1.54, 1.807) is 0 Å². The molecule has 3 N–H and O–H groups in total. The third kappa shape index (κ3) is 2.41. The number of hydrogen-bond donors (Lipinski definition) is 2. The van der Waals surface area contributed by atoms with E-state index < -0.39 is 0 Å². The van der Waals surface area contributed by atoms with E-state index in [0.717, 1.165) is 34.9 Å². The van der Waals surface area contributed by atoms with Gasteiger partial charge in [-0.1, -0.05) is 17.3 Å². The number of nitrogens with two attached hydrogens (primary N) is 1. The van der Waals surface area contributed by atoms with Gasteiger partial charge in [0, 0.05) is 29.7 Å². The smallest absolute Gasteiger partial charge is 0.172 e. The number of amidine groups is 1. The molecule has 98 valence electrons. The molecule has 4 nitrogen and oxygen atoms in total. The lowest BCUT2D eigenvalue weighted by Crippen LogP contribution is -2.42. The monoisotopic (exact) mass is 265 g/mol. The summed E-state index contributed by atoms with van der Waals surface area (Å²) in [7, 11) is 0.